The molecule has 0 spiro atoms. The van der Waals surface area contributed by atoms with Gasteiger partial charge < -0.3 is 19.7 Å². The summed E-state index contributed by atoms with van der Waals surface area (Å²) in [6.07, 6.45) is 1.66. The summed E-state index contributed by atoms with van der Waals surface area (Å²) in [5.74, 6) is -0.266. The van der Waals surface area contributed by atoms with Gasteiger partial charge in [-0.3, -0.25) is 19.7 Å². The molecule has 0 saturated carbocycles. The van der Waals surface area contributed by atoms with Gasteiger partial charge in [0.2, 0.25) is 11.8 Å². The number of imide groups is 1. The minimum absolute atomic E-state index is 0.200. The van der Waals surface area contributed by atoms with E-state index >= 15 is 0 Å². The molecule has 2 unspecified atom stereocenters. The van der Waals surface area contributed by atoms with Crippen molar-refractivity contribution in [2.45, 2.75) is 44.6 Å². The number of benzene rings is 2. The van der Waals surface area contributed by atoms with Gasteiger partial charge >= 0.3 is 0 Å². The number of ether oxygens (including phenoxy) is 2. The van der Waals surface area contributed by atoms with Gasteiger partial charge in [0.25, 0.3) is 5.91 Å². The molecule has 0 bridgehead atoms. The van der Waals surface area contributed by atoms with Crippen LogP contribution in [0.25, 0.3) is 0 Å². The topological polar surface area (TPSA) is 97.0 Å². The van der Waals surface area contributed by atoms with E-state index in [4.69, 9.17) is 9.47 Å². The largest absolute Gasteiger partial charge is 0.489 e. The monoisotopic (exact) mass is 449 g/mol. The smallest absolute Gasteiger partial charge is 0.255 e. The number of carbonyl (C=O) groups excluding carboxylic acids is 3. The molecule has 2 saturated heterocycles. The van der Waals surface area contributed by atoms with Crippen LogP contribution in [0.4, 0.5) is 0 Å². The second kappa shape index (κ2) is 9.33. The Bertz CT molecular complexity index is 1060. The Labute approximate surface area is 192 Å². The number of piperidine rings is 1. The Morgan fingerprint density at radius 3 is 2.64 bits per heavy atom. The van der Waals surface area contributed by atoms with Crippen molar-refractivity contribution in [2.75, 3.05) is 19.7 Å². The van der Waals surface area contributed by atoms with Gasteiger partial charge in [-0.2, -0.15) is 0 Å². The van der Waals surface area contributed by atoms with E-state index in [-0.39, 0.29) is 24.3 Å². The minimum atomic E-state index is -0.633. The van der Waals surface area contributed by atoms with Crippen LogP contribution in [0.1, 0.15) is 39.9 Å². The highest BCUT2D eigenvalue weighted by atomic mass is 16.5. The maximum absolute atomic E-state index is 12.9. The first kappa shape index (κ1) is 21.6. The summed E-state index contributed by atoms with van der Waals surface area (Å²) in [6.45, 7) is 3.21. The number of hydrogen-bond acceptors (Lipinski definition) is 6. The number of fused-ring (bicyclic) bond motifs is 1. The molecule has 33 heavy (non-hydrogen) atoms. The molecule has 172 valence electrons. The first-order valence-corrected chi connectivity index (χ1v) is 11.4. The van der Waals surface area contributed by atoms with Gasteiger partial charge in [-0.15, -0.1) is 0 Å². The molecule has 5 rings (SSSR count). The normalized spacial score (nSPS) is 22.8. The van der Waals surface area contributed by atoms with E-state index in [1.165, 1.54) is 10.5 Å². The van der Waals surface area contributed by atoms with Crippen molar-refractivity contribution >= 4 is 17.7 Å². The molecule has 3 heterocycles. The molecule has 2 fully saturated rings. The first-order valence-electron chi connectivity index (χ1n) is 11.4. The fraction of sp³-hybridized carbons (Fsp3) is 0.400. The van der Waals surface area contributed by atoms with Crippen LogP contribution in [0.3, 0.4) is 0 Å². The molecule has 3 amide bonds. The van der Waals surface area contributed by atoms with E-state index in [1.807, 2.05) is 6.07 Å². The zero-order valence-corrected chi connectivity index (χ0v) is 18.3. The summed E-state index contributed by atoms with van der Waals surface area (Å²) in [6, 6.07) is 13.1. The van der Waals surface area contributed by atoms with E-state index in [0.717, 1.165) is 37.2 Å². The van der Waals surface area contributed by atoms with Crippen LogP contribution in [0.5, 0.6) is 5.75 Å². The molecule has 0 aromatic heterocycles. The SMILES string of the molecule is O=C1CCC(N2Cc3c(OCc4ccc(CC5CNCCO5)cc4)cccc3C2=O)C(=O)N1. The summed E-state index contributed by atoms with van der Waals surface area (Å²) in [5.41, 5.74) is 3.59. The lowest BCUT2D eigenvalue weighted by atomic mass is 10.0. The van der Waals surface area contributed by atoms with Crippen LogP contribution in [-0.4, -0.2) is 54.5 Å². The maximum atomic E-state index is 12.9. The molecule has 2 N–H and O–H groups in total. The van der Waals surface area contributed by atoms with Gasteiger partial charge in [-0.05, 0) is 36.1 Å². The third kappa shape index (κ3) is 4.62. The maximum Gasteiger partial charge on any atom is 0.255 e. The van der Waals surface area contributed by atoms with Gasteiger partial charge in [0.05, 0.1) is 19.3 Å². The number of amides is 3. The molecular weight excluding hydrogens is 422 g/mol. The number of nitrogens with one attached hydrogen (secondary N) is 2. The van der Waals surface area contributed by atoms with Crippen molar-refractivity contribution in [1.29, 1.82) is 0 Å². The molecule has 8 heteroatoms. The predicted molar refractivity (Wildman–Crippen MR) is 120 cm³/mol. The van der Waals surface area contributed by atoms with Gasteiger partial charge in [0.1, 0.15) is 18.4 Å². The summed E-state index contributed by atoms with van der Waals surface area (Å²) in [5, 5.41) is 5.68. The summed E-state index contributed by atoms with van der Waals surface area (Å²) >= 11 is 0. The van der Waals surface area contributed by atoms with Crippen molar-refractivity contribution in [3.8, 4) is 5.75 Å². The molecule has 2 aromatic rings. The van der Waals surface area contributed by atoms with Crippen LogP contribution in [-0.2, 0) is 33.9 Å². The highest BCUT2D eigenvalue weighted by Crippen LogP contribution is 2.34. The minimum Gasteiger partial charge on any atom is -0.489 e. The Balaban J connectivity index is 1.23. The Morgan fingerprint density at radius 2 is 1.88 bits per heavy atom. The van der Waals surface area contributed by atoms with Crippen molar-refractivity contribution in [1.82, 2.24) is 15.5 Å². The number of morpholine rings is 1. The molecule has 8 nitrogen and oxygen atoms in total. The van der Waals surface area contributed by atoms with E-state index in [2.05, 4.69) is 34.9 Å². The molecule has 3 aliphatic heterocycles. The summed E-state index contributed by atoms with van der Waals surface area (Å²) in [4.78, 5) is 38.2. The number of nitrogens with zero attached hydrogens (tertiary/aromatic N) is 1. The average Bonchev–Trinajstić information content (AvgIpc) is 3.16. The van der Waals surface area contributed by atoms with Gasteiger partial charge in [-0.25, -0.2) is 0 Å². The Kier molecular flexibility index (Phi) is 6.11. The number of rotatable bonds is 6. The van der Waals surface area contributed by atoms with Crippen molar-refractivity contribution in [3.63, 3.8) is 0 Å². The summed E-state index contributed by atoms with van der Waals surface area (Å²) in [7, 11) is 0. The van der Waals surface area contributed by atoms with Gasteiger partial charge in [-0.1, -0.05) is 30.3 Å². The molecule has 0 aliphatic carbocycles. The molecular formula is C25H27N3O5. The lowest BCUT2D eigenvalue weighted by molar-refractivity contribution is -0.136. The van der Waals surface area contributed by atoms with Gasteiger partial charge in [0, 0.05) is 30.6 Å². The third-order valence-corrected chi connectivity index (χ3v) is 6.42. The van der Waals surface area contributed by atoms with Crippen molar-refractivity contribution < 1.29 is 23.9 Å². The molecule has 2 aromatic carbocycles. The van der Waals surface area contributed by atoms with E-state index < -0.39 is 11.9 Å². The predicted octanol–water partition coefficient (Wildman–Crippen LogP) is 1.56. The average molecular weight is 450 g/mol. The highest BCUT2D eigenvalue weighted by molar-refractivity contribution is 6.05. The number of carbonyl (C=O) groups is 3. The Hall–Kier alpha value is -3.23. The first-order chi connectivity index (χ1) is 16.1. The second-order valence-electron chi connectivity index (χ2n) is 8.69. The lowest BCUT2D eigenvalue weighted by Gasteiger charge is -2.29. The second-order valence-corrected chi connectivity index (χ2v) is 8.69. The van der Waals surface area contributed by atoms with Crippen molar-refractivity contribution in [3.05, 3.63) is 64.7 Å². The quantitative estimate of drug-likeness (QED) is 0.650. The van der Waals surface area contributed by atoms with Crippen LogP contribution in [0.2, 0.25) is 0 Å². The Morgan fingerprint density at radius 1 is 1.06 bits per heavy atom. The summed E-state index contributed by atoms with van der Waals surface area (Å²) < 4.78 is 11.9. The van der Waals surface area contributed by atoms with Crippen LogP contribution in [0.15, 0.2) is 42.5 Å². The zero-order chi connectivity index (χ0) is 22.8. The third-order valence-electron chi connectivity index (χ3n) is 6.42. The fourth-order valence-electron chi connectivity index (χ4n) is 4.64. The van der Waals surface area contributed by atoms with Crippen molar-refractivity contribution in [2.24, 2.45) is 0 Å². The highest BCUT2D eigenvalue weighted by Gasteiger charge is 2.40. The molecule has 0 radical (unpaired) electrons. The zero-order valence-electron chi connectivity index (χ0n) is 18.3. The van der Waals surface area contributed by atoms with E-state index in [9.17, 15) is 14.4 Å². The van der Waals surface area contributed by atoms with Gasteiger partial charge in [0.15, 0.2) is 0 Å². The van der Waals surface area contributed by atoms with Crippen LogP contribution < -0.4 is 15.4 Å². The molecule has 2 atom stereocenters. The standard InChI is InChI=1S/C25H27N3O5/c29-23-9-8-21(24(30)27-23)28-14-20-19(25(28)31)2-1-3-22(20)33-15-17-6-4-16(5-7-17)12-18-13-26-10-11-32-18/h1-7,18,21,26H,8-15H2,(H,27,29,30). The fourth-order valence-corrected chi connectivity index (χ4v) is 4.64. The van der Waals surface area contributed by atoms with E-state index in [0.29, 0.717) is 30.9 Å². The van der Waals surface area contributed by atoms with E-state index in [1.54, 1.807) is 12.1 Å². The van der Waals surface area contributed by atoms with Crippen LogP contribution >= 0.6 is 0 Å². The lowest BCUT2D eigenvalue weighted by Crippen LogP contribution is -2.52. The van der Waals surface area contributed by atoms with Crippen LogP contribution in [0, 0.1) is 0 Å². The number of hydrogen-bond donors (Lipinski definition) is 2. The molecule has 3 aliphatic rings.